The van der Waals surface area contributed by atoms with Gasteiger partial charge in [-0.05, 0) is 62.8 Å². The smallest absolute Gasteiger partial charge is 0.410 e. The molecule has 2 atom stereocenters. The Balaban J connectivity index is 1.37. The normalized spacial score (nSPS) is 20.5. The molecule has 0 bridgehead atoms. The van der Waals surface area contributed by atoms with E-state index in [4.69, 9.17) is 4.74 Å². The summed E-state index contributed by atoms with van der Waals surface area (Å²) in [7, 11) is -3.59. The van der Waals surface area contributed by atoms with E-state index in [9.17, 15) is 18.0 Å². The molecule has 0 spiro atoms. The Kier molecular flexibility index (Phi) is 8.81. The average molecular weight is 554 g/mol. The monoisotopic (exact) mass is 553 g/mol. The summed E-state index contributed by atoms with van der Waals surface area (Å²) in [6.45, 7) is 8.22. The fraction of sp³-hybridized carbons (Fsp3) is 0.467. The molecule has 9 heteroatoms. The van der Waals surface area contributed by atoms with E-state index in [0.717, 1.165) is 56.3 Å². The van der Waals surface area contributed by atoms with E-state index in [0.29, 0.717) is 5.92 Å². The molecule has 0 unspecified atom stereocenters. The summed E-state index contributed by atoms with van der Waals surface area (Å²) in [5.74, 6) is -0.322. The maximum atomic E-state index is 13.3. The number of sulfonamides is 1. The summed E-state index contributed by atoms with van der Waals surface area (Å²) < 4.78 is 30.2. The first-order chi connectivity index (χ1) is 18.4. The van der Waals surface area contributed by atoms with Crippen LogP contribution >= 0.6 is 0 Å². The molecule has 1 aliphatic carbocycles. The van der Waals surface area contributed by atoms with Crippen LogP contribution in [-0.4, -0.2) is 67.2 Å². The van der Waals surface area contributed by atoms with E-state index >= 15 is 0 Å². The Hall–Kier alpha value is -3.17. The number of nitrogens with zero attached hydrogens (tertiary/aromatic N) is 2. The Morgan fingerprint density at radius 1 is 1.08 bits per heavy atom. The van der Waals surface area contributed by atoms with E-state index in [2.05, 4.69) is 29.2 Å². The summed E-state index contributed by atoms with van der Waals surface area (Å²) in [5.41, 5.74) is 2.66. The van der Waals surface area contributed by atoms with Crippen LogP contribution in [0.5, 0.6) is 0 Å². The second-order valence-electron chi connectivity index (χ2n) is 11.5. The summed E-state index contributed by atoms with van der Waals surface area (Å²) >= 11 is 0. The summed E-state index contributed by atoms with van der Waals surface area (Å²) in [4.78, 5) is 29.5. The Morgan fingerprint density at radius 2 is 1.77 bits per heavy atom. The van der Waals surface area contributed by atoms with Gasteiger partial charge in [-0.3, -0.25) is 9.69 Å². The Morgan fingerprint density at radius 3 is 2.41 bits per heavy atom. The number of carbonyl (C=O) groups is 2. The van der Waals surface area contributed by atoms with E-state index in [1.54, 1.807) is 6.08 Å². The molecule has 39 heavy (non-hydrogen) atoms. The van der Waals surface area contributed by atoms with Gasteiger partial charge >= 0.3 is 6.09 Å². The number of ether oxygens (including phenoxy) is 1. The molecule has 1 saturated carbocycles. The van der Waals surface area contributed by atoms with Crippen molar-refractivity contribution in [1.82, 2.24) is 14.5 Å². The molecule has 0 aromatic heterocycles. The van der Waals surface area contributed by atoms with Crippen molar-refractivity contribution in [3.8, 4) is 0 Å². The number of rotatable bonds is 8. The number of hydrogen-bond donors (Lipinski definition) is 1. The molecule has 4 rings (SSSR count). The Bertz CT molecular complexity index is 1300. The SMILES string of the molecule is CC(C)(C)OC(=O)N(C1CCN(Cc2cccc(/C=C/C(=O)NS(C)(=O)=O)c2)CC1)[C@@H]1C[C@H]1c1ccccc1. The molecule has 2 aromatic rings. The van der Waals surface area contributed by atoms with Gasteiger partial charge < -0.3 is 9.64 Å². The first-order valence-electron chi connectivity index (χ1n) is 13.5. The van der Waals surface area contributed by atoms with Gasteiger partial charge in [0.05, 0.1) is 6.26 Å². The van der Waals surface area contributed by atoms with Crippen molar-refractivity contribution in [2.75, 3.05) is 19.3 Å². The van der Waals surface area contributed by atoms with Gasteiger partial charge in [0.25, 0.3) is 5.91 Å². The maximum Gasteiger partial charge on any atom is 0.410 e. The lowest BCUT2D eigenvalue weighted by molar-refractivity contribution is -0.114. The molecule has 0 radical (unpaired) electrons. The highest BCUT2D eigenvalue weighted by molar-refractivity contribution is 7.89. The average Bonchev–Trinajstić information content (AvgIpc) is 3.63. The topological polar surface area (TPSA) is 96.0 Å². The van der Waals surface area contributed by atoms with Crippen molar-refractivity contribution in [3.63, 3.8) is 0 Å². The van der Waals surface area contributed by atoms with Gasteiger partial charge in [-0.1, -0.05) is 54.6 Å². The summed E-state index contributed by atoms with van der Waals surface area (Å²) in [6, 6.07) is 18.5. The molecular formula is C30H39N3O5S. The molecule has 2 amide bonds. The zero-order valence-electron chi connectivity index (χ0n) is 23.2. The van der Waals surface area contributed by atoms with Crippen LogP contribution in [0.4, 0.5) is 4.79 Å². The number of nitrogens with one attached hydrogen (secondary N) is 1. The van der Waals surface area contributed by atoms with Crippen molar-refractivity contribution < 1.29 is 22.7 Å². The predicted octanol–water partition coefficient (Wildman–Crippen LogP) is 4.53. The third-order valence-electron chi connectivity index (χ3n) is 6.97. The second kappa shape index (κ2) is 11.9. The number of benzene rings is 2. The van der Waals surface area contributed by atoms with Gasteiger partial charge in [0.1, 0.15) is 5.60 Å². The van der Waals surface area contributed by atoms with Gasteiger partial charge in [-0.15, -0.1) is 0 Å². The zero-order chi connectivity index (χ0) is 28.2. The highest BCUT2D eigenvalue weighted by atomic mass is 32.2. The predicted molar refractivity (Wildman–Crippen MR) is 152 cm³/mol. The van der Waals surface area contributed by atoms with Crippen molar-refractivity contribution in [1.29, 1.82) is 0 Å². The first kappa shape index (κ1) is 28.8. The van der Waals surface area contributed by atoms with Crippen molar-refractivity contribution in [2.45, 2.75) is 70.2 Å². The molecule has 1 aliphatic heterocycles. The number of amides is 2. The largest absolute Gasteiger partial charge is 0.444 e. The van der Waals surface area contributed by atoms with Crippen LogP contribution < -0.4 is 4.72 Å². The fourth-order valence-electron chi connectivity index (χ4n) is 5.21. The molecular weight excluding hydrogens is 514 g/mol. The molecule has 1 N–H and O–H groups in total. The summed E-state index contributed by atoms with van der Waals surface area (Å²) in [6.07, 6.45) is 6.27. The molecule has 2 aliphatic rings. The van der Waals surface area contributed by atoms with Crippen LogP contribution in [0.3, 0.4) is 0 Å². The van der Waals surface area contributed by atoms with Gasteiger partial charge in [0, 0.05) is 43.7 Å². The highest BCUT2D eigenvalue weighted by Crippen LogP contribution is 2.46. The fourth-order valence-corrected chi connectivity index (χ4v) is 5.65. The van der Waals surface area contributed by atoms with Gasteiger partial charge in [0.15, 0.2) is 0 Å². The third-order valence-corrected chi connectivity index (χ3v) is 7.54. The quantitative estimate of drug-likeness (QED) is 0.483. The number of hydrogen-bond acceptors (Lipinski definition) is 6. The minimum Gasteiger partial charge on any atom is -0.444 e. The van der Waals surface area contributed by atoms with E-state index in [-0.39, 0.29) is 18.2 Å². The lowest BCUT2D eigenvalue weighted by atomic mass is 10.0. The standard InChI is InChI=1S/C30H39N3O5S/c1-30(2,3)38-29(35)33(27-20-26(27)24-11-6-5-7-12-24)25-15-17-32(18-16-25)21-23-10-8-9-22(19-23)13-14-28(34)31-39(4,36)37/h5-14,19,25-27H,15-18,20-21H2,1-4H3,(H,31,34)/b14-13+/t26-,27+/m0/s1. The van der Waals surface area contributed by atoms with E-state index in [1.807, 2.05) is 60.7 Å². The Labute approximate surface area is 232 Å². The maximum absolute atomic E-state index is 13.3. The second-order valence-corrected chi connectivity index (χ2v) is 13.3. The number of carbonyl (C=O) groups excluding carboxylic acids is 2. The van der Waals surface area contributed by atoms with Crippen LogP contribution in [0, 0.1) is 0 Å². The zero-order valence-corrected chi connectivity index (χ0v) is 24.0. The van der Waals surface area contributed by atoms with Crippen LogP contribution in [-0.2, 0) is 26.1 Å². The van der Waals surface area contributed by atoms with Crippen LogP contribution in [0.1, 0.15) is 62.6 Å². The molecule has 1 heterocycles. The number of likely N-dealkylation sites (tertiary alicyclic amines) is 1. The minimum atomic E-state index is -3.59. The van der Waals surface area contributed by atoms with Crippen LogP contribution in [0.25, 0.3) is 6.08 Å². The molecule has 2 fully saturated rings. The first-order valence-corrected chi connectivity index (χ1v) is 15.3. The van der Waals surface area contributed by atoms with E-state index in [1.165, 1.54) is 11.6 Å². The lowest BCUT2D eigenvalue weighted by Gasteiger charge is -2.39. The molecule has 210 valence electrons. The van der Waals surface area contributed by atoms with E-state index < -0.39 is 21.5 Å². The van der Waals surface area contributed by atoms with Crippen molar-refractivity contribution in [3.05, 3.63) is 77.4 Å². The van der Waals surface area contributed by atoms with Crippen molar-refractivity contribution in [2.24, 2.45) is 0 Å². The number of piperidine rings is 1. The van der Waals surface area contributed by atoms with Gasteiger partial charge in [-0.25, -0.2) is 17.9 Å². The van der Waals surface area contributed by atoms with Gasteiger partial charge in [-0.2, -0.15) is 0 Å². The summed E-state index contributed by atoms with van der Waals surface area (Å²) in [5, 5.41) is 0. The highest BCUT2D eigenvalue weighted by Gasteiger charge is 2.48. The minimum absolute atomic E-state index is 0.137. The van der Waals surface area contributed by atoms with Crippen molar-refractivity contribution >= 4 is 28.1 Å². The van der Waals surface area contributed by atoms with Crippen LogP contribution in [0.15, 0.2) is 60.7 Å². The molecule has 2 aromatic carbocycles. The van der Waals surface area contributed by atoms with Gasteiger partial charge in [0.2, 0.25) is 10.0 Å². The molecule has 1 saturated heterocycles. The molecule has 8 nitrogen and oxygen atoms in total. The van der Waals surface area contributed by atoms with Crippen LogP contribution in [0.2, 0.25) is 0 Å². The third kappa shape index (κ3) is 8.66. The lowest BCUT2D eigenvalue weighted by Crippen LogP contribution is -2.50.